The van der Waals surface area contributed by atoms with Gasteiger partial charge in [0.1, 0.15) is 12.3 Å². The summed E-state index contributed by atoms with van der Waals surface area (Å²) in [6, 6.07) is 6.44. The van der Waals surface area contributed by atoms with Gasteiger partial charge in [0.05, 0.1) is 25.3 Å². The largest absolute Gasteiger partial charge is 0.497 e. The van der Waals surface area contributed by atoms with E-state index in [2.05, 4.69) is 11.9 Å². The standard InChI is InChI=1S/C18H24N2O2/c1-12-6-4-5-9-20(12)11-17(21)18-13(2)19-16-8-7-14(22-3)10-15(16)18/h7-8,10,12,19H,4-6,9,11H2,1-3H3/p+1/t12-/m0/s1. The van der Waals surface area contributed by atoms with E-state index in [1.54, 1.807) is 7.11 Å². The van der Waals surface area contributed by atoms with Crippen LogP contribution in [0.3, 0.4) is 0 Å². The lowest BCUT2D eigenvalue weighted by Gasteiger charge is -2.29. The van der Waals surface area contributed by atoms with Crippen LogP contribution in [0.4, 0.5) is 0 Å². The number of ether oxygens (including phenoxy) is 1. The fourth-order valence-electron chi connectivity index (χ4n) is 3.60. The second-order valence-electron chi connectivity index (χ2n) is 6.44. The van der Waals surface area contributed by atoms with Crippen molar-refractivity contribution >= 4 is 16.7 Å². The summed E-state index contributed by atoms with van der Waals surface area (Å²) in [5.74, 6) is 1.03. The van der Waals surface area contributed by atoms with Crippen molar-refractivity contribution < 1.29 is 14.4 Å². The number of piperidine rings is 1. The summed E-state index contributed by atoms with van der Waals surface area (Å²) in [7, 11) is 1.65. The lowest BCUT2D eigenvalue weighted by atomic mass is 10.0. The quantitative estimate of drug-likeness (QED) is 0.850. The molecule has 4 nitrogen and oxygen atoms in total. The van der Waals surface area contributed by atoms with Gasteiger partial charge in [-0.15, -0.1) is 0 Å². The highest BCUT2D eigenvalue weighted by Gasteiger charge is 2.27. The first-order valence-corrected chi connectivity index (χ1v) is 8.14. The van der Waals surface area contributed by atoms with E-state index in [0.717, 1.165) is 34.5 Å². The minimum absolute atomic E-state index is 0.237. The van der Waals surface area contributed by atoms with Crippen LogP contribution in [0.25, 0.3) is 10.9 Å². The molecule has 4 heteroatoms. The molecule has 2 atom stereocenters. The Kier molecular flexibility index (Phi) is 4.21. The monoisotopic (exact) mass is 301 g/mol. The highest BCUT2D eigenvalue weighted by Crippen LogP contribution is 2.26. The predicted molar refractivity (Wildman–Crippen MR) is 87.9 cm³/mol. The van der Waals surface area contributed by atoms with Crippen molar-refractivity contribution in [1.82, 2.24) is 4.98 Å². The lowest BCUT2D eigenvalue weighted by molar-refractivity contribution is -0.920. The number of aromatic amines is 1. The lowest BCUT2D eigenvalue weighted by Crippen LogP contribution is -3.16. The predicted octanol–water partition coefficient (Wildman–Crippen LogP) is 2.12. The second kappa shape index (κ2) is 6.13. The van der Waals surface area contributed by atoms with Gasteiger partial charge in [0.15, 0.2) is 0 Å². The molecule has 0 radical (unpaired) electrons. The average Bonchev–Trinajstić information content (AvgIpc) is 2.84. The summed E-state index contributed by atoms with van der Waals surface area (Å²) in [5.41, 5.74) is 2.79. The second-order valence-corrected chi connectivity index (χ2v) is 6.44. The van der Waals surface area contributed by atoms with E-state index in [9.17, 15) is 4.79 Å². The van der Waals surface area contributed by atoms with Crippen molar-refractivity contribution in [2.24, 2.45) is 0 Å². The number of rotatable bonds is 4. The molecule has 0 amide bonds. The minimum atomic E-state index is 0.237. The number of likely N-dealkylation sites (tertiary alicyclic amines) is 1. The molecule has 0 saturated carbocycles. The number of hydrogen-bond donors (Lipinski definition) is 2. The molecule has 2 heterocycles. The van der Waals surface area contributed by atoms with E-state index < -0.39 is 0 Å². The van der Waals surface area contributed by atoms with Crippen molar-refractivity contribution in [1.29, 1.82) is 0 Å². The van der Waals surface area contributed by atoms with Gasteiger partial charge in [0.25, 0.3) is 0 Å². The molecule has 1 aromatic heterocycles. The number of Topliss-reactive ketones (excluding diaryl/α,β-unsaturated/α-hetero) is 1. The third-order valence-corrected chi connectivity index (χ3v) is 4.94. The smallest absolute Gasteiger partial charge is 0.219 e. The van der Waals surface area contributed by atoms with Crippen molar-refractivity contribution in [2.45, 2.75) is 39.2 Å². The Morgan fingerprint density at radius 1 is 1.41 bits per heavy atom. The molecule has 1 fully saturated rings. The van der Waals surface area contributed by atoms with E-state index in [-0.39, 0.29) is 5.78 Å². The van der Waals surface area contributed by atoms with Crippen LogP contribution in [0.1, 0.15) is 42.2 Å². The molecule has 1 saturated heterocycles. The minimum Gasteiger partial charge on any atom is -0.497 e. The van der Waals surface area contributed by atoms with Crippen LogP contribution in [-0.2, 0) is 0 Å². The zero-order valence-corrected chi connectivity index (χ0v) is 13.7. The van der Waals surface area contributed by atoms with Gasteiger partial charge >= 0.3 is 0 Å². The van der Waals surface area contributed by atoms with Crippen molar-refractivity contribution in [3.8, 4) is 5.75 Å². The SMILES string of the molecule is COc1ccc2[nH]c(C)c(C(=O)C[NH+]3CCCC[C@@H]3C)c2c1. The number of nitrogens with one attached hydrogen (secondary N) is 2. The summed E-state index contributed by atoms with van der Waals surface area (Å²) in [4.78, 5) is 17.6. The zero-order valence-electron chi connectivity index (χ0n) is 13.7. The van der Waals surface area contributed by atoms with Gasteiger partial charge in [-0.25, -0.2) is 0 Å². The number of aryl methyl sites for hydroxylation is 1. The van der Waals surface area contributed by atoms with Crippen LogP contribution in [0.2, 0.25) is 0 Å². The van der Waals surface area contributed by atoms with E-state index in [4.69, 9.17) is 4.74 Å². The van der Waals surface area contributed by atoms with Crippen molar-refractivity contribution in [3.05, 3.63) is 29.5 Å². The number of aromatic nitrogens is 1. The van der Waals surface area contributed by atoms with Gasteiger partial charge in [-0.3, -0.25) is 4.79 Å². The number of carbonyl (C=O) groups is 1. The van der Waals surface area contributed by atoms with Crippen molar-refractivity contribution in [3.63, 3.8) is 0 Å². The molecular weight excluding hydrogens is 276 g/mol. The van der Waals surface area contributed by atoms with Crippen LogP contribution in [0.5, 0.6) is 5.75 Å². The zero-order chi connectivity index (χ0) is 15.7. The first-order chi connectivity index (χ1) is 10.6. The molecule has 118 valence electrons. The van der Waals surface area contributed by atoms with Crippen LogP contribution < -0.4 is 9.64 Å². The number of methoxy groups -OCH3 is 1. The topological polar surface area (TPSA) is 46.5 Å². The Labute approximate surface area is 131 Å². The fourth-order valence-corrected chi connectivity index (χ4v) is 3.60. The Hall–Kier alpha value is -1.81. The van der Waals surface area contributed by atoms with Crippen molar-refractivity contribution in [2.75, 3.05) is 20.2 Å². The summed E-state index contributed by atoms with van der Waals surface area (Å²) < 4.78 is 5.30. The number of ketones is 1. The molecule has 2 aromatic rings. The Bertz CT molecular complexity index is 690. The molecule has 22 heavy (non-hydrogen) atoms. The van der Waals surface area contributed by atoms with Gasteiger partial charge < -0.3 is 14.6 Å². The molecule has 1 aromatic carbocycles. The molecule has 1 aliphatic rings. The summed E-state index contributed by atoms with van der Waals surface area (Å²) >= 11 is 0. The molecule has 3 rings (SSSR count). The third-order valence-electron chi connectivity index (χ3n) is 4.94. The highest BCUT2D eigenvalue weighted by atomic mass is 16.5. The Morgan fingerprint density at radius 3 is 2.95 bits per heavy atom. The molecule has 1 unspecified atom stereocenters. The van der Waals surface area contributed by atoms with Gasteiger partial charge in [0.2, 0.25) is 5.78 Å². The molecule has 0 aliphatic carbocycles. The van der Waals surface area contributed by atoms with E-state index in [1.165, 1.54) is 24.2 Å². The van der Waals surface area contributed by atoms with Crippen LogP contribution in [-0.4, -0.2) is 37.0 Å². The van der Waals surface area contributed by atoms with Crippen LogP contribution >= 0.6 is 0 Å². The number of H-pyrrole nitrogens is 1. The maximum absolute atomic E-state index is 12.9. The number of benzene rings is 1. The maximum atomic E-state index is 12.9. The van der Waals surface area contributed by atoms with E-state index in [1.807, 2.05) is 25.1 Å². The maximum Gasteiger partial charge on any atom is 0.219 e. The van der Waals surface area contributed by atoms with E-state index >= 15 is 0 Å². The number of carbonyl (C=O) groups excluding carboxylic acids is 1. The summed E-state index contributed by atoms with van der Waals surface area (Å²) in [5, 5.41) is 0.978. The van der Waals surface area contributed by atoms with Gasteiger partial charge in [0, 0.05) is 16.6 Å². The molecular formula is C18H25N2O2+. The first kappa shape index (κ1) is 15.1. The number of fused-ring (bicyclic) bond motifs is 1. The number of hydrogen-bond acceptors (Lipinski definition) is 2. The normalized spacial score (nSPS) is 22.0. The Balaban J connectivity index is 1.91. The highest BCUT2D eigenvalue weighted by molar-refractivity contribution is 6.10. The summed E-state index contributed by atoms with van der Waals surface area (Å²) in [6.45, 7) is 5.94. The van der Waals surface area contributed by atoms with Gasteiger partial charge in [-0.05, 0) is 51.3 Å². The average molecular weight is 301 g/mol. The van der Waals surface area contributed by atoms with Crippen LogP contribution in [0.15, 0.2) is 18.2 Å². The fraction of sp³-hybridized carbons (Fsp3) is 0.500. The molecule has 0 bridgehead atoms. The van der Waals surface area contributed by atoms with E-state index in [0.29, 0.717) is 12.6 Å². The molecule has 2 N–H and O–H groups in total. The summed E-state index contributed by atoms with van der Waals surface area (Å²) in [6.07, 6.45) is 3.75. The number of quaternary nitrogens is 1. The van der Waals surface area contributed by atoms with Crippen LogP contribution in [0, 0.1) is 6.92 Å². The van der Waals surface area contributed by atoms with Gasteiger partial charge in [-0.1, -0.05) is 0 Å². The third kappa shape index (κ3) is 2.75. The Morgan fingerprint density at radius 2 is 2.23 bits per heavy atom. The molecule has 1 aliphatic heterocycles. The molecule has 0 spiro atoms. The first-order valence-electron chi connectivity index (χ1n) is 8.14. The van der Waals surface area contributed by atoms with Gasteiger partial charge in [-0.2, -0.15) is 0 Å².